The molecule has 1 N–H and O–H groups in total. The van der Waals surface area contributed by atoms with Gasteiger partial charge in [0.1, 0.15) is 11.6 Å². The normalized spacial score (nSPS) is 10.8. The fraction of sp³-hybridized carbons (Fsp3) is 0.125. The number of ether oxygens (including phenoxy) is 1. The van der Waals surface area contributed by atoms with E-state index in [1.165, 1.54) is 12.3 Å². The van der Waals surface area contributed by atoms with Crippen LogP contribution in [0.5, 0.6) is 0 Å². The Kier molecular flexibility index (Phi) is 6.21. The summed E-state index contributed by atoms with van der Waals surface area (Å²) in [4.78, 5) is 28.1. The summed E-state index contributed by atoms with van der Waals surface area (Å²) in [7, 11) is 0. The van der Waals surface area contributed by atoms with E-state index in [9.17, 15) is 18.4 Å². The summed E-state index contributed by atoms with van der Waals surface area (Å²) in [5.74, 6) is -2.21. The molecule has 8 heteroatoms. The summed E-state index contributed by atoms with van der Waals surface area (Å²) in [5, 5.41) is 4.60. The fourth-order valence-corrected chi connectivity index (χ4v) is 3.19. The van der Waals surface area contributed by atoms with E-state index < -0.39 is 30.1 Å². The predicted octanol–water partition coefficient (Wildman–Crippen LogP) is 4.89. The maximum absolute atomic E-state index is 13.8. The van der Waals surface area contributed by atoms with Gasteiger partial charge in [0.25, 0.3) is 5.91 Å². The SMILES string of the molecule is O=C(COC(=O)CCc1ncc(-c2ccc(F)cc2F)o1)Nc1cccc2ccccc12. The van der Waals surface area contributed by atoms with Crippen LogP contribution in [0.15, 0.2) is 71.3 Å². The highest BCUT2D eigenvalue weighted by Crippen LogP contribution is 2.25. The molecule has 4 rings (SSSR count). The third kappa shape index (κ3) is 4.97. The van der Waals surface area contributed by atoms with E-state index in [4.69, 9.17) is 9.15 Å². The molecule has 0 unspecified atom stereocenters. The Morgan fingerprint density at radius 2 is 1.84 bits per heavy atom. The van der Waals surface area contributed by atoms with Crippen LogP contribution in [0, 0.1) is 11.6 Å². The van der Waals surface area contributed by atoms with Crippen molar-refractivity contribution >= 4 is 28.3 Å². The summed E-state index contributed by atoms with van der Waals surface area (Å²) < 4.78 is 37.3. The van der Waals surface area contributed by atoms with Crippen LogP contribution in [0.2, 0.25) is 0 Å². The first-order chi connectivity index (χ1) is 15.5. The molecule has 0 radical (unpaired) electrons. The number of amides is 1. The second kappa shape index (κ2) is 9.38. The highest BCUT2D eigenvalue weighted by Gasteiger charge is 2.14. The van der Waals surface area contributed by atoms with E-state index in [1.807, 2.05) is 36.4 Å². The van der Waals surface area contributed by atoms with Crippen molar-refractivity contribution in [3.05, 3.63) is 84.4 Å². The minimum absolute atomic E-state index is 0.0674. The first-order valence-corrected chi connectivity index (χ1v) is 9.83. The molecule has 1 amide bonds. The fourth-order valence-electron chi connectivity index (χ4n) is 3.19. The summed E-state index contributed by atoms with van der Waals surface area (Å²) in [6.07, 6.45) is 1.33. The molecule has 1 aromatic heterocycles. The number of aromatic nitrogens is 1. The maximum Gasteiger partial charge on any atom is 0.306 e. The van der Waals surface area contributed by atoms with Gasteiger partial charge in [-0.25, -0.2) is 13.8 Å². The molecule has 0 aliphatic rings. The third-order valence-electron chi connectivity index (χ3n) is 4.72. The second-order valence-corrected chi connectivity index (χ2v) is 6.98. The minimum Gasteiger partial charge on any atom is -0.456 e. The van der Waals surface area contributed by atoms with E-state index >= 15 is 0 Å². The molecule has 0 fully saturated rings. The van der Waals surface area contributed by atoms with Crippen LogP contribution in [0.1, 0.15) is 12.3 Å². The van der Waals surface area contributed by atoms with Crippen molar-refractivity contribution in [2.45, 2.75) is 12.8 Å². The van der Waals surface area contributed by atoms with Crippen molar-refractivity contribution in [2.24, 2.45) is 0 Å². The van der Waals surface area contributed by atoms with Gasteiger partial charge < -0.3 is 14.5 Å². The number of aryl methyl sites for hydroxylation is 1. The Hall–Kier alpha value is -4.07. The molecule has 0 atom stereocenters. The van der Waals surface area contributed by atoms with Crippen LogP contribution in [0.25, 0.3) is 22.1 Å². The van der Waals surface area contributed by atoms with E-state index in [0.29, 0.717) is 5.69 Å². The number of carbonyl (C=O) groups excluding carboxylic acids is 2. The largest absolute Gasteiger partial charge is 0.456 e. The van der Waals surface area contributed by atoms with Crippen molar-refractivity contribution in [3.63, 3.8) is 0 Å². The molecule has 162 valence electrons. The quantitative estimate of drug-likeness (QED) is 0.417. The van der Waals surface area contributed by atoms with Gasteiger partial charge in [-0.2, -0.15) is 0 Å². The van der Waals surface area contributed by atoms with E-state index in [0.717, 1.165) is 22.9 Å². The molecule has 4 aromatic rings. The summed E-state index contributed by atoms with van der Waals surface area (Å²) in [6.45, 7) is -0.431. The Balaban J connectivity index is 1.27. The summed E-state index contributed by atoms with van der Waals surface area (Å²) in [6, 6.07) is 16.2. The van der Waals surface area contributed by atoms with Crippen molar-refractivity contribution < 1.29 is 27.5 Å². The van der Waals surface area contributed by atoms with Gasteiger partial charge in [-0.3, -0.25) is 9.59 Å². The second-order valence-electron chi connectivity index (χ2n) is 6.98. The molecule has 1 heterocycles. The van der Waals surface area contributed by atoms with Gasteiger partial charge in [0.2, 0.25) is 0 Å². The first kappa shape index (κ1) is 21.2. The van der Waals surface area contributed by atoms with Crippen LogP contribution in [-0.2, 0) is 20.7 Å². The van der Waals surface area contributed by atoms with Crippen LogP contribution in [-0.4, -0.2) is 23.5 Å². The standard InChI is InChI=1S/C24H18F2N2O4/c25-16-8-9-18(19(26)12-16)21-13-27-23(32-21)10-11-24(30)31-14-22(29)28-20-7-3-5-15-4-1-2-6-17(15)20/h1-9,12-13H,10-11,14H2,(H,28,29). The van der Waals surface area contributed by atoms with Gasteiger partial charge >= 0.3 is 5.97 Å². The van der Waals surface area contributed by atoms with Crippen LogP contribution in [0.3, 0.4) is 0 Å². The number of nitrogens with one attached hydrogen (secondary N) is 1. The lowest BCUT2D eigenvalue weighted by molar-refractivity contribution is -0.147. The molecule has 0 saturated carbocycles. The number of hydrogen-bond donors (Lipinski definition) is 1. The minimum atomic E-state index is -0.774. The van der Waals surface area contributed by atoms with Gasteiger partial charge in [-0.15, -0.1) is 0 Å². The Bertz CT molecular complexity index is 1280. The molecule has 3 aromatic carbocycles. The van der Waals surface area contributed by atoms with Gasteiger partial charge in [0.15, 0.2) is 18.3 Å². The van der Waals surface area contributed by atoms with Gasteiger partial charge in [-0.05, 0) is 23.6 Å². The lowest BCUT2D eigenvalue weighted by Crippen LogP contribution is -2.21. The molecular weight excluding hydrogens is 418 g/mol. The van der Waals surface area contributed by atoms with Crippen molar-refractivity contribution in [1.29, 1.82) is 0 Å². The number of fused-ring (bicyclic) bond motifs is 1. The Labute approximate surface area is 181 Å². The number of halogens is 2. The van der Waals surface area contributed by atoms with Crippen molar-refractivity contribution in [1.82, 2.24) is 4.98 Å². The van der Waals surface area contributed by atoms with Crippen molar-refractivity contribution in [2.75, 3.05) is 11.9 Å². The zero-order valence-corrected chi connectivity index (χ0v) is 16.8. The number of rotatable bonds is 7. The number of nitrogens with zero attached hydrogens (tertiary/aromatic N) is 1. The van der Waals surface area contributed by atoms with Crippen LogP contribution in [0.4, 0.5) is 14.5 Å². The molecule has 0 spiro atoms. The third-order valence-corrected chi connectivity index (χ3v) is 4.72. The monoisotopic (exact) mass is 436 g/mol. The molecule has 0 saturated heterocycles. The van der Waals surface area contributed by atoms with E-state index in [-0.39, 0.29) is 30.1 Å². The van der Waals surface area contributed by atoms with E-state index in [2.05, 4.69) is 10.3 Å². The van der Waals surface area contributed by atoms with Gasteiger partial charge in [0.05, 0.1) is 18.2 Å². The number of oxazole rings is 1. The number of hydrogen-bond acceptors (Lipinski definition) is 5. The predicted molar refractivity (Wildman–Crippen MR) is 114 cm³/mol. The number of carbonyl (C=O) groups is 2. The molecule has 0 bridgehead atoms. The zero-order valence-electron chi connectivity index (χ0n) is 16.8. The topological polar surface area (TPSA) is 81.4 Å². The number of esters is 1. The van der Waals surface area contributed by atoms with Crippen LogP contribution >= 0.6 is 0 Å². The highest BCUT2D eigenvalue weighted by atomic mass is 19.1. The van der Waals surface area contributed by atoms with Crippen LogP contribution < -0.4 is 5.32 Å². The molecule has 0 aliphatic carbocycles. The lowest BCUT2D eigenvalue weighted by Gasteiger charge is -2.09. The highest BCUT2D eigenvalue weighted by molar-refractivity contribution is 6.02. The Morgan fingerprint density at radius 1 is 1.03 bits per heavy atom. The average molecular weight is 436 g/mol. The number of anilines is 1. The molecular formula is C24H18F2N2O4. The van der Waals surface area contributed by atoms with Gasteiger partial charge in [-0.1, -0.05) is 36.4 Å². The van der Waals surface area contributed by atoms with Crippen molar-refractivity contribution in [3.8, 4) is 11.3 Å². The summed E-state index contributed by atoms with van der Waals surface area (Å²) in [5.41, 5.74) is 0.697. The maximum atomic E-state index is 13.8. The molecule has 6 nitrogen and oxygen atoms in total. The van der Waals surface area contributed by atoms with Gasteiger partial charge in [0, 0.05) is 23.6 Å². The molecule has 32 heavy (non-hydrogen) atoms. The average Bonchev–Trinajstić information content (AvgIpc) is 3.25. The molecule has 0 aliphatic heterocycles. The lowest BCUT2D eigenvalue weighted by atomic mass is 10.1. The Morgan fingerprint density at radius 3 is 2.69 bits per heavy atom. The summed E-state index contributed by atoms with van der Waals surface area (Å²) >= 11 is 0. The number of benzene rings is 3. The first-order valence-electron chi connectivity index (χ1n) is 9.83. The van der Waals surface area contributed by atoms with E-state index in [1.54, 1.807) is 6.07 Å². The smallest absolute Gasteiger partial charge is 0.306 e. The zero-order chi connectivity index (χ0) is 22.5.